The molecule has 0 unspecified atom stereocenters. The summed E-state index contributed by atoms with van der Waals surface area (Å²) in [5.41, 5.74) is 1.28. The molecule has 2 aromatic carbocycles. The van der Waals surface area contributed by atoms with Gasteiger partial charge >= 0.3 is 0 Å². The van der Waals surface area contributed by atoms with E-state index in [4.69, 9.17) is 0 Å². The van der Waals surface area contributed by atoms with E-state index in [0.29, 0.717) is 24.7 Å². The highest BCUT2D eigenvalue weighted by Gasteiger charge is 2.12. The minimum atomic E-state index is -0.801. The van der Waals surface area contributed by atoms with E-state index in [1.54, 1.807) is 29.2 Å². The van der Waals surface area contributed by atoms with E-state index < -0.39 is 17.5 Å². The lowest BCUT2D eigenvalue weighted by molar-refractivity contribution is 0.0772. The molecule has 0 saturated carbocycles. The van der Waals surface area contributed by atoms with Crippen molar-refractivity contribution in [1.82, 2.24) is 10.2 Å². The Morgan fingerprint density at radius 1 is 0.920 bits per heavy atom. The summed E-state index contributed by atoms with van der Waals surface area (Å²) in [5, 5.41) is 2.60. The van der Waals surface area contributed by atoms with Crippen LogP contribution in [0.5, 0.6) is 0 Å². The number of carbonyl (C=O) groups excluding carboxylic acids is 2. The number of hydrogen-bond acceptors (Lipinski definition) is 2. The van der Waals surface area contributed by atoms with Crippen LogP contribution in [-0.4, -0.2) is 29.8 Å². The number of halogens is 2. The third-order valence-corrected chi connectivity index (χ3v) is 3.83. The first-order valence-electron chi connectivity index (χ1n) is 8.07. The Hall–Kier alpha value is -2.76. The Labute approximate surface area is 145 Å². The number of amides is 2. The van der Waals surface area contributed by atoms with Gasteiger partial charge in [0, 0.05) is 36.8 Å². The molecule has 0 aliphatic rings. The summed E-state index contributed by atoms with van der Waals surface area (Å²) in [6.07, 6.45) is 0. The van der Waals surface area contributed by atoms with Crippen LogP contribution in [0.1, 0.15) is 40.1 Å². The number of hydrogen-bond donors (Lipinski definition) is 1. The van der Waals surface area contributed by atoms with Gasteiger partial charge in [-0.1, -0.05) is 12.1 Å². The normalized spacial score (nSPS) is 10.4. The van der Waals surface area contributed by atoms with E-state index in [2.05, 4.69) is 5.32 Å². The van der Waals surface area contributed by atoms with Gasteiger partial charge in [0.2, 0.25) is 0 Å². The van der Waals surface area contributed by atoms with Crippen LogP contribution in [0.3, 0.4) is 0 Å². The molecule has 0 atom stereocenters. The van der Waals surface area contributed by atoms with E-state index in [-0.39, 0.29) is 18.0 Å². The first kappa shape index (κ1) is 18.6. The molecule has 0 aliphatic carbocycles. The zero-order valence-corrected chi connectivity index (χ0v) is 14.2. The molecule has 1 N–H and O–H groups in total. The number of benzene rings is 2. The fraction of sp³-hybridized carbons (Fsp3) is 0.263. The Morgan fingerprint density at radius 2 is 1.48 bits per heavy atom. The summed E-state index contributed by atoms with van der Waals surface area (Å²) in [6, 6.07) is 9.54. The highest BCUT2D eigenvalue weighted by molar-refractivity contribution is 5.95. The first-order valence-corrected chi connectivity index (χ1v) is 8.07. The van der Waals surface area contributed by atoms with Gasteiger partial charge in [-0.3, -0.25) is 9.59 Å². The molecule has 25 heavy (non-hydrogen) atoms. The lowest BCUT2D eigenvalue weighted by Crippen LogP contribution is -2.30. The van der Waals surface area contributed by atoms with Crippen molar-refractivity contribution in [2.45, 2.75) is 20.4 Å². The van der Waals surface area contributed by atoms with Gasteiger partial charge in [-0.25, -0.2) is 8.78 Å². The van der Waals surface area contributed by atoms with Gasteiger partial charge in [-0.05, 0) is 43.7 Å². The summed E-state index contributed by atoms with van der Waals surface area (Å²) in [7, 11) is 0. The second-order valence-corrected chi connectivity index (χ2v) is 5.52. The number of carbonyl (C=O) groups is 2. The van der Waals surface area contributed by atoms with Gasteiger partial charge in [0.1, 0.15) is 11.6 Å². The average molecular weight is 346 g/mol. The maximum absolute atomic E-state index is 13.1. The van der Waals surface area contributed by atoms with Crippen LogP contribution in [0.15, 0.2) is 42.5 Å². The van der Waals surface area contributed by atoms with Crippen molar-refractivity contribution in [3.05, 3.63) is 70.8 Å². The molecule has 0 bridgehead atoms. The molecule has 0 spiro atoms. The van der Waals surface area contributed by atoms with Crippen LogP contribution in [0, 0.1) is 11.6 Å². The van der Waals surface area contributed by atoms with E-state index in [9.17, 15) is 18.4 Å². The van der Waals surface area contributed by atoms with Crippen molar-refractivity contribution in [2.24, 2.45) is 0 Å². The van der Waals surface area contributed by atoms with Crippen LogP contribution in [0.2, 0.25) is 0 Å². The van der Waals surface area contributed by atoms with Crippen molar-refractivity contribution in [3.63, 3.8) is 0 Å². The van der Waals surface area contributed by atoms with Crippen molar-refractivity contribution < 1.29 is 18.4 Å². The zero-order chi connectivity index (χ0) is 18.4. The quantitative estimate of drug-likeness (QED) is 0.872. The Bertz CT molecular complexity index is 736. The van der Waals surface area contributed by atoms with Gasteiger partial charge in [-0.2, -0.15) is 0 Å². The highest BCUT2D eigenvalue weighted by atomic mass is 19.1. The molecular formula is C19H20F2N2O2. The zero-order valence-electron chi connectivity index (χ0n) is 14.2. The molecule has 2 rings (SSSR count). The summed E-state index contributed by atoms with van der Waals surface area (Å²) in [4.78, 5) is 25.9. The fourth-order valence-corrected chi connectivity index (χ4v) is 2.43. The van der Waals surface area contributed by atoms with E-state index >= 15 is 0 Å². The molecule has 132 valence electrons. The highest BCUT2D eigenvalue weighted by Crippen LogP contribution is 2.10. The molecule has 6 heteroatoms. The average Bonchev–Trinajstić information content (AvgIpc) is 2.60. The number of nitrogens with one attached hydrogen (secondary N) is 1. The summed E-state index contributed by atoms with van der Waals surface area (Å²) in [5.74, 6) is -2.22. The fourth-order valence-electron chi connectivity index (χ4n) is 2.43. The van der Waals surface area contributed by atoms with Gasteiger partial charge in [0.25, 0.3) is 11.8 Å². The predicted octanol–water partition coefficient (Wildman–Crippen LogP) is 3.38. The standard InChI is InChI=1S/C19H20F2N2O2/c1-3-23(4-2)19(25)14-7-5-13(6-8-14)12-22-18(24)15-9-16(20)11-17(21)10-15/h5-11H,3-4,12H2,1-2H3,(H,22,24). The van der Waals surface area contributed by atoms with Crippen LogP contribution < -0.4 is 5.32 Å². The third kappa shape index (κ3) is 4.86. The van der Waals surface area contributed by atoms with Crippen LogP contribution in [0.25, 0.3) is 0 Å². The van der Waals surface area contributed by atoms with E-state index in [1.165, 1.54) is 0 Å². The SMILES string of the molecule is CCN(CC)C(=O)c1ccc(CNC(=O)c2cc(F)cc(F)c2)cc1. The molecule has 0 radical (unpaired) electrons. The van der Waals surface area contributed by atoms with Crippen molar-refractivity contribution in [2.75, 3.05) is 13.1 Å². The van der Waals surface area contributed by atoms with Gasteiger partial charge in [0.05, 0.1) is 0 Å². The van der Waals surface area contributed by atoms with E-state index in [1.807, 2.05) is 13.8 Å². The van der Waals surface area contributed by atoms with Crippen molar-refractivity contribution >= 4 is 11.8 Å². The second kappa shape index (κ2) is 8.37. The van der Waals surface area contributed by atoms with Crippen LogP contribution in [-0.2, 0) is 6.54 Å². The molecule has 4 nitrogen and oxygen atoms in total. The van der Waals surface area contributed by atoms with Gasteiger partial charge in [0.15, 0.2) is 0 Å². The molecular weight excluding hydrogens is 326 g/mol. The molecule has 0 aromatic heterocycles. The first-order chi connectivity index (χ1) is 11.9. The minimum Gasteiger partial charge on any atom is -0.348 e. The lowest BCUT2D eigenvalue weighted by Gasteiger charge is -2.18. The van der Waals surface area contributed by atoms with Crippen LogP contribution in [0.4, 0.5) is 8.78 Å². The number of rotatable bonds is 6. The largest absolute Gasteiger partial charge is 0.348 e. The Kier molecular flexibility index (Phi) is 6.22. The summed E-state index contributed by atoms with van der Waals surface area (Å²) >= 11 is 0. The van der Waals surface area contributed by atoms with Gasteiger partial charge < -0.3 is 10.2 Å². The third-order valence-electron chi connectivity index (χ3n) is 3.83. The maximum Gasteiger partial charge on any atom is 0.253 e. The predicted molar refractivity (Wildman–Crippen MR) is 91.2 cm³/mol. The summed E-state index contributed by atoms with van der Waals surface area (Å²) < 4.78 is 26.3. The van der Waals surface area contributed by atoms with Gasteiger partial charge in [-0.15, -0.1) is 0 Å². The smallest absolute Gasteiger partial charge is 0.253 e. The topological polar surface area (TPSA) is 49.4 Å². The van der Waals surface area contributed by atoms with Crippen LogP contribution >= 0.6 is 0 Å². The lowest BCUT2D eigenvalue weighted by atomic mass is 10.1. The molecule has 0 saturated heterocycles. The monoisotopic (exact) mass is 346 g/mol. The second-order valence-electron chi connectivity index (χ2n) is 5.52. The molecule has 0 fully saturated rings. The number of nitrogens with zero attached hydrogens (tertiary/aromatic N) is 1. The minimum absolute atomic E-state index is 0.0455. The molecule has 2 aromatic rings. The Balaban J connectivity index is 1.99. The maximum atomic E-state index is 13.1. The summed E-state index contributed by atoms with van der Waals surface area (Å²) in [6.45, 7) is 5.30. The van der Waals surface area contributed by atoms with Crippen molar-refractivity contribution in [3.8, 4) is 0 Å². The molecule has 2 amide bonds. The Morgan fingerprint density at radius 3 is 2.00 bits per heavy atom. The molecule has 0 heterocycles. The molecule has 0 aliphatic heterocycles. The van der Waals surface area contributed by atoms with E-state index in [0.717, 1.165) is 17.7 Å². The van der Waals surface area contributed by atoms with Crippen molar-refractivity contribution in [1.29, 1.82) is 0 Å².